The monoisotopic (exact) mass is 208 g/mol. The van der Waals surface area contributed by atoms with Gasteiger partial charge in [-0.3, -0.25) is 4.79 Å². The zero-order valence-electron chi connectivity index (χ0n) is 8.06. The number of nitrogen functional groups attached to an aromatic ring is 1. The van der Waals surface area contributed by atoms with Crippen molar-refractivity contribution in [3.05, 3.63) is 29.3 Å². The number of hydrogen-bond acceptors (Lipinski definition) is 4. The lowest BCUT2D eigenvalue weighted by atomic mass is 10.0. The van der Waals surface area contributed by atoms with E-state index in [4.69, 9.17) is 16.6 Å². The number of Topliss-reactive ketones (excluding diaryl/α,β-unsaturated/α-hetero) is 1. The van der Waals surface area contributed by atoms with E-state index in [2.05, 4.69) is 0 Å². The van der Waals surface area contributed by atoms with E-state index >= 15 is 0 Å². The van der Waals surface area contributed by atoms with Crippen LogP contribution >= 0.6 is 0 Å². The zero-order chi connectivity index (χ0) is 11.4. The lowest BCUT2D eigenvalue weighted by Crippen LogP contribution is -2.11. The number of carboxylic acid groups (broad SMARTS) is 1. The molecule has 5 heteroatoms. The van der Waals surface area contributed by atoms with Gasteiger partial charge in [0, 0.05) is 17.7 Å². The van der Waals surface area contributed by atoms with Crippen molar-refractivity contribution in [2.24, 2.45) is 5.73 Å². The Kier molecular flexibility index (Phi) is 3.41. The average Bonchev–Trinajstić information content (AvgIpc) is 2.18. The van der Waals surface area contributed by atoms with Gasteiger partial charge in [-0.2, -0.15) is 0 Å². The van der Waals surface area contributed by atoms with Crippen molar-refractivity contribution in [3.63, 3.8) is 0 Å². The Hall–Kier alpha value is -1.88. The van der Waals surface area contributed by atoms with Crippen LogP contribution in [0.15, 0.2) is 18.2 Å². The molecule has 0 aliphatic rings. The molecule has 15 heavy (non-hydrogen) atoms. The van der Waals surface area contributed by atoms with Crippen LogP contribution in [-0.4, -0.2) is 23.4 Å². The van der Waals surface area contributed by atoms with Crippen LogP contribution in [0.3, 0.4) is 0 Å². The summed E-state index contributed by atoms with van der Waals surface area (Å²) in [7, 11) is 0. The van der Waals surface area contributed by atoms with E-state index in [1.165, 1.54) is 18.2 Å². The van der Waals surface area contributed by atoms with Gasteiger partial charge in [0.2, 0.25) is 0 Å². The summed E-state index contributed by atoms with van der Waals surface area (Å²) in [6, 6.07) is 4.04. The first-order chi connectivity index (χ1) is 7.06. The quantitative estimate of drug-likeness (QED) is 0.493. The molecule has 0 unspecified atom stereocenters. The number of carbonyl (C=O) groups excluding carboxylic acids is 1. The lowest BCUT2D eigenvalue weighted by Gasteiger charge is -2.04. The fourth-order valence-corrected chi connectivity index (χ4v) is 1.20. The molecule has 0 bridgehead atoms. The Bertz CT molecular complexity index is 402. The summed E-state index contributed by atoms with van der Waals surface area (Å²) >= 11 is 0. The van der Waals surface area contributed by atoms with Gasteiger partial charge < -0.3 is 16.6 Å². The minimum Gasteiger partial charge on any atom is -0.478 e. The van der Waals surface area contributed by atoms with Crippen molar-refractivity contribution in [2.45, 2.75) is 6.42 Å². The van der Waals surface area contributed by atoms with Crippen molar-refractivity contribution in [1.82, 2.24) is 0 Å². The second-order valence-electron chi connectivity index (χ2n) is 3.07. The van der Waals surface area contributed by atoms with Crippen LogP contribution in [0.1, 0.15) is 27.1 Å². The highest BCUT2D eigenvalue weighted by atomic mass is 16.4. The maximum atomic E-state index is 11.5. The molecule has 0 heterocycles. The lowest BCUT2D eigenvalue weighted by molar-refractivity contribution is 0.0697. The third-order valence-corrected chi connectivity index (χ3v) is 1.97. The minimum atomic E-state index is -1.09. The predicted octanol–water partition coefficient (Wildman–Crippen LogP) is 0.499. The van der Waals surface area contributed by atoms with Gasteiger partial charge in [-0.15, -0.1) is 0 Å². The highest BCUT2D eigenvalue weighted by Gasteiger charge is 2.12. The molecule has 1 rings (SSSR count). The van der Waals surface area contributed by atoms with Gasteiger partial charge in [-0.05, 0) is 24.7 Å². The average molecular weight is 208 g/mol. The molecule has 0 atom stereocenters. The van der Waals surface area contributed by atoms with E-state index in [1.54, 1.807) is 0 Å². The Balaban J connectivity index is 3.10. The van der Waals surface area contributed by atoms with Gasteiger partial charge in [0.05, 0.1) is 5.56 Å². The van der Waals surface area contributed by atoms with Crippen molar-refractivity contribution in [3.8, 4) is 0 Å². The first kappa shape index (κ1) is 11.2. The topological polar surface area (TPSA) is 106 Å². The summed E-state index contributed by atoms with van der Waals surface area (Å²) in [5, 5.41) is 8.74. The number of anilines is 1. The third kappa shape index (κ3) is 2.54. The van der Waals surface area contributed by atoms with E-state index in [1.807, 2.05) is 0 Å². The molecule has 5 N–H and O–H groups in total. The largest absolute Gasteiger partial charge is 0.478 e. The van der Waals surface area contributed by atoms with E-state index in [-0.39, 0.29) is 35.6 Å². The molecule has 1 aromatic rings. The van der Waals surface area contributed by atoms with Crippen molar-refractivity contribution < 1.29 is 14.7 Å². The summed E-state index contributed by atoms with van der Waals surface area (Å²) in [5.41, 5.74) is 11.3. The Labute approximate surface area is 86.7 Å². The Morgan fingerprint density at radius 2 is 2.00 bits per heavy atom. The van der Waals surface area contributed by atoms with Gasteiger partial charge in [0.15, 0.2) is 5.78 Å². The van der Waals surface area contributed by atoms with Crippen molar-refractivity contribution in [1.29, 1.82) is 0 Å². The maximum Gasteiger partial charge on any atom is 0.335 e. The number of benzene rings is 1. The maximum absolute atomic E-state index is 11.5. The highest BCUT2D eigenvalue weighted by molar-refractivity contribution is 6.03. The molecule has 0 aliphatic heterocycles. The third-order valence-electron chi connectivity index (χ3n) is 1.97. The summed E-state index contributed by atoms with van der Waals surface area (Å²) in [5.74, 6) is -1.32. The van der Waals surface area contributed by atoms with Crippen molar-refractivity contribution in [2.75, 3.05) is 12.3 Å². The molecule has 0 aromatic heterocycles. The molecule has 0 radical (unpaired) electrons. The summed E-state index contributed by atoms with van der Waals surface area (Å²) < 4.78 is 0. The van der Waals surface area contributed by atoms with Crippen molar-refractivity contribution >= 4 is 17.4 Å². The SMILES string of the molecule is NCCC(=O)c1cc(C(=O)O)ccc1N. The molecule has 0 aliphatic carbocycles. The minimum absolute atomic E-state index is 0.0459. The molecule has 0 saturated heterocycles. The number of nitrogens with two attached hydrogens (primary N) is 2. The van der Waals surface area contributed by atoms with Gasteiger partial charge in [0.1, 0.15) is 0 Å². The van der Waals surface area contributed by atoms with Crippen LogP contribution in [0.5, 0.6) is 0 Å². The van der Waals surface area contributed by atoms with Crippen LogP contribution < -0.4 is 11.5 Å². The van der Waals surface area contributed by atoms with Crippen LogP contribution in [0, 0.1) is 0 Å². The second-order valence-corrected chi connectivity index (χ2v) is 3.07. The molecule has 0 spiro atoms. The van der Waals surface area contributed by atoms with Gasteiger partial charge in [-0.1, -0.05) is 0 Å². The Morgan fingerprint density at radius 1 is 1.33 bits per heavy atom. The normalized spacial score (nSPS) is 9.93. The molecule has 0 fully saturated rings. The Morgan fingerprint density at radius 3 is 2.53 bits per heavy atom. The molecule has 0 amide bonds. The van der Waals surface area contributed by atoms with Gasteiger partial charge in [0.25, 0.3) is 0 Å². The fraction of sp³-hybridized carbons (Fsp3) is 0.200. The molecule has 0 saturated carbocycles. The van der Waals surface area contributed by atoms with Crippen LogP contribution in [0.4, 0.5) is 5.69 Å². The fourth-order valence-electron chi connectivity index (χ4n) is 1.20. The second kappa shape index (κ2) is 4.56. The van der Waals surface area contributed by atoms with Gasteiger partial charge in [-0.25, -0.2) is 4.79 Å². The molecule has 80 valence electrons. The van der Waals surface area contributed by atoms with Gasteiger partial charge >= 0.3 is 5.97 Å². The first-order valence-electron chi connectivity index (χ1n) is 4.42. The predicted molar refractivity (Wildman–Crippen MR) is 55.8 cm³/mol. The molecular weight excluding hydrogens is 196 g/mol. The standard InChI is InChI=1S/C10H12N2O3/c11-4-3-9(13)7-5-6(10(14)15)1-2-8(7)12/h1-2,5H,3-4,11-12H2,(H,14,15). The molecular formula is C10H12N2O3. The van der Waals surface area contributed by atoms with E-state index < -0.39 is 5.97 Å². The van der Waals surface area contributed by atoms with Crippen LogP contribution in [-0.2, 0) is 0 Å². The number of carbonyl (C=O) groups is 2. The molecule has 1 aromatic carbocycles. The summed E-state index contributed by atoms with van der Waals surface area (Å²) in [6.07, 6.45) is 0.160. The summed E-state index contributed by atoms with van der Waals surface area (Å²) in [4.78, 5) is 22.2. The first-order valence-corrected chi connectivity index (χ1v) is 4.42. The van der Waals surface area contributed by atoms with E-state index in [9.17, 15) is 9.59 Å². The summed E-state index contributed by atoms with van der Waals surface area (Å²) in [6.45, 7) is 0.218. The highest BCUT2D eigenvalue weighted by Crippen LogP contribution is 2.16. The van der Waals surface area contributed by atoms with E-state index in [0.717, 1.165) is 0 Å². The molecule has 5 nitrogen and oxygen atoms in total. The van der Waals surface area contributed by atoms with Crippen LogP contribution in [0.25, 0.3) is 0 Å². The number of ketones is 1. The number of carboxylic acids is 1. The smallest absolute Gasteiger partial charge is 0.335 e. The van der Waals surface area contributed by atoms with Crippen LogP contribution in [0.2, 0.25) is 0 Å². The van der Waals surface area contributed by atoms with E-state index in [0.29, 0.717) is 0 Å². The zero-order valence-corrected chi connectivity index (χ0v) is 8.06. The number of rotatable bonds is 4. The number of aromatic carboxylic acids is 1. The number of hydrogen-bond donors (Lipinski definition) is 3.